The highest BCUT2D eigenvalue weighted by atomic mass is 32.2. The molecule has 0 bridgehead atoms. The molecule has 1 aliphatic rings. The van der Waals surface area contributed by atoms with Crippen LogP contribution in [0.2, 0.25) is 0 Å². The summed E-state index contributed by atoms with van der Waals surface area (Å²) < 4.78 is 5.40. The number of hydrogen-bond donors (Lipinski definition) is 0. The van der Waals surface area contributed by atoms with Gasteiger partial charge in [0.1, 0.15) is 5.58 Å². The molecule has 22 heavy (non-hydrogen) atoms. The minimum absolute atomic E-state index is 0.247. The van der Waals surface area contributed by atoms with Crippen molar-refractivity contribution in [3.63, 3.8) is 0 Å². The van der Waals surface area contributed by atoms with Gasteiger partial charge in [-0.3, -0.25) is 4.90 Å². The molecule has 3 rings (SSSR count). The smallest absolute Gasteiger partial charge is 0.336 e. The van der Waals surface area contributed by atoms with Crippen molar-refractivity contribution in [3.05, 3.63) is 45.8 Å². The lowest BCUT2D eigenvalue weighted by molar-refractivity contribution is 0.205. The van der Waals surface area contributed by atoms with Gasteiger partial charge in [-0.25, -0.2) is 4.79 Å². The molecular formula is C18H23NO2S. The number of thioether (sulfide) groups is 1. The van der Waals surface area contributed by atoms with Crippen molar-refractivity contribution in [3.8, 4) is 0 Å². The van der Waals surface area contributed by atoms with Crippen molar-refractivity contribution in [1.82, 2.24) is 4.90 Å². The highest BCUT2D eigenvalue weighted by Crippen LogP contribution is 2.27. The maximum atomic E-state index is 11.9. The van der Waals surface area contributed by atoms with Gasteiger partial charge in [0.15, 0.2) is 0 Å². The number of rotatable bonds is 3. The quantitative estimate of drug-likeness (QED) is 0.809. The summed E-state index contributed by atoms with van der Waals surface area (Å²) in [5.41, 5.74) is 2.75. The van der Waals surface area contributed by atoms with Gasteiger partial charge in [0.25, 0.3) is 0 Å². The van der Waals surface area contributed by atoms with Crippen LogP contribution in [0, 0.1) is 0 Å². The van der Waals surface area contributed by atoms with Crippen LogP contribution in [0.5, 0.6) is 0 Å². The number of benzene rings is 1. The number of fused-ring (bicyclic) bond motifs is 1. The molecule has 1 aromatic carbocycles. The van der Waals surface area contributed by atoms with Gasteiger partial charge in [-0.2, -0.15) is 11.8 Å². The van der Waals surface area contributed by atoms with Crippen LogP contribution in [0.3, 0.4) is 0 Å². The zero-order valence-corrected chi connectivity index (χ0v) is 14.3. The summed E-state index contributed by atoms with van der Waals surface area (Å²) in [7, 11) is 0. The molecule has 2 aromatic rings. The van der Waals surface area contributed by atoms with Crippen molar-refractivity contribution in [2.45, 2.75) is 45.0 Å². The minimum Gasteiger partial charge on any atom is -0.423 e. The van der Waals surface area contributed by atoms with E-state index in [9.17, 15) is 4.79 Å². The molecule has 1 aliphatic heterocycles. The summed E-state index contributed by atoms with van der Waals surface area (Å²) in [5, 5.41) is 1.70. The predicted octanol–water partition coefficient (Wildman–Crippen LogP) is 3.68. The van der Waals surface area contributed by atoms with E-state index in [-0.39, 0.29) is 5.63 Å². The molecule has 4 heteroatoms. The first-order valence-electron chi connectivity index (χ1n) is 8.00. The lowest BCUT2D eigenvalue weighted by Crippen LogP contribution is -2.44. The van der Waals surface area contributed by atoms with Gasteiger partial charge >= 0.3 is 5.63 Å². The monoisotopic (exact) mass is 317 g/mol. The third-order valence-electron chi connectivity index (χ3n) is 4.69. The lowest BCUT2D eigenvalue weighted by atomic mass is 10.0. The zero-order valence-electron chi connectivity index (χ0n) is 13.5. The summed E-state index contributed by atoms with van der Waals surface area (Å²) in [6.45, 7) is 8.56. The molecule has 1 saturated heterocycles. The Labute approximate surface area is 135 Å². The lowest BCUT2D eigenvalue weighted by Gasteiger charge is -2.37. The second kappa shape index (κ2) is 6.47. The van der Waals surface area contributed by atoms with E-state index in [0.29, 0.717) is 16.9 Å². The number of nitrogens with zero attached hydrogens (tertiary/aromatic N) is 1. The Hall–Kier alpha value is -1.26. The predicted molar refractivity (Wildman–Crippen MR) is 93.7 cm³/mol. The summed E-state index contributed by atoms with van der Waals surface area (Å²) >= 11 is 2.03. The molecule has 1 fully saturated rings. The van der Waals surface area contributed by atoms with Crippen molar-refractivity contribution < 1.29 is 4.42 Å². The Kier molecular flexibility index (Phi) is 4.59. The fourth-order valence-electron chi connectivity index (χ4n) is 3.06. The van der Waals surface area contributed by atoms with Crippen LogP contribution in [0.15, 0.2) is 33.5 Å². The second-order valence-electron chi connectivity index (χ2n) is 6.06. The molecule has 0 radical (unpaired) electrons. The van der Waals surface area contributed by atoms with Gasteiger partial charge in [-0.05, 0) is 30.5 Å². The molecule has 0 amide bonds. The zero-order chi connectivity index (χ0) is 15.7. The third-order valence-corrected chi connectivity index (χ3v) is 6.03. The summed E-state index contributed by atoms with van der Waals surface area (Å²) in [5.74, 6) is 1.16. The van der Waals surface area contributed by atoms with E-state index in [1.165, 1.54) is 5.56 Å². The first kappa shape index (κ1) is 15.6. The van der Waals surface area contributed by atoms with E-state index in [4.69, 9.17) is 4.42 Å². The SMILES string of the molecule is CCc1ccc2c(CN3CCSC(C)C3C)cc(=O)oc2c1. The van der Waals surface area contributed by atoms with Gasteiger partial charge in [-0.15, -0.1) is 0 Å². The average Bonchev–Trinajstić information content (AvgIpc) is 2.51. The number of hydrogen-bond acceptors (Lipinski definition) is 4. The molecule has 2 heterocycles. The molecule has 0 spiro atoms. The van der Waals surface area contributed by atoms with Crippen molar-refractivity contribution in [2.75, 3.05) is 12.3 Å². The van der Waals surface area contributed by atoms with Gasteiger partial charge in [0.05, 0.1) is 0 Å². The first-order chi connectivity index (χ1) is 10.6. The molecule has 0 N–H and O–H groups in total. The standard InChI is InChI=1S/C18H23NO2S/c1-4-14-5-6-16-15(10-18(20)21-17(16)9-14)11-19-7-8-22-13(3)12(19)2/h5-6,9-10,12-13H,4,7-8,11H2,1-3H3. The largest absolute Gasteiger partial charge is 0.423 e. The molecule has 3 nitrogen and oxygen atoms in total. The Balaban J connectivity index is 1.97. The van der Waals surface area contributed by atoms with Gasteiger partial charge in [0.2, 0.25) is 0 Å². The van der Waals surface area contributed by atoms with E-state index < -0.39 is 0 Å². The molecular weight excluding hydrogens is 294 g/mol. The maximum Gasteiger partial charge on any atom is 0.336 e. The van der Waals surface area contributed by atoms with Crippen molar-refractivity contribution in [2.24, 2.45) is 0 Å². The fraction of sp³-hybridized carbons (Fsp3) is 0.500. The van der Waals surface area contributed by atoms with E-state index in [1.54, 1.807) is 6.07 Å². The topological polar surface area (TPSA) is 33.5 Å². The van der Waals surface area contributed by atoms with Crippen LogP contribution < -0.4 is 5.63 Å². The Bertz CT molecular complexity index is 725. The minimum atomic E-state index is -0.247. The second-order valence-corrected chi connectivity index (χ2v) is 7.55. The summed E-state index contributed by atoms with van der Waals surface area (Å²) in [6, 6.07) is 8.41. The van der Waals surface area contributed by atoms with Crippen LogP contribution >= 0.6 is 11.8 Å². The normalized spacial score (nSPS) is 23.0. The first-order valence-corrected chi connectivity index (χ1v) is 9.04. The molecule has 2 atom stereocenters. The van der Waals surface area contributed by atoms with Crippen LogP contribution in [-0.2, 0) is 13.0 Å². The Morgan fingerprint density at radius 1 is 1.32 bits per heavy atom. The van der Waals surface area contributed by atoms with E-state index in [0.717, 1.165) is 36.2 Å². The Morgan fingerprint density at radius 2 is 2.14 bits per heavy atom. The maximum absolute atomic E-state index is 11.9. The van der Waals surface area contributed by atoms with Crippen LogP contribution in [-0.4, -0.2) is 28.5 Å². The highest BCUT2D eigenvalue weighted by molar-refractivity contribution is 8.00. The van der Waals surface area contributed by atoms with Gasteiger partial charge in [-0.1, -0.05) is 26.0 Å². The average molecular weight is 317 g/mol. The highest BCUT2D eigenvalue weighted by Gasteiger charge is 2.25. The number of aryl methyl sites for hydroxylation is 1. The summed E-state index contributed by atoms with van der Waals surface area (Å²) in [4.78, 5) is 14.4. The molecule has 2 unspecified atom stereocenters. The fourth-order valence-corrected chi connectivity index (χ4v) is 4.22. The molecule has 0 saturated carbocycles. The summed E-state index contributed by atoms with van der Waals surface area (Å²) in [6.07, 6.45) is 0.946. The van der Waals surface area contributed by atoms with E-state index in [1.807, 2.05) is 17.8 Å². The van der Waals surface area contributed by atoms with Gasteiger partial charge in [0, 0.05) is 41.6 Å². The third kappa shape index (κ3) is 3.08. The molecule has 1 aromatic heterocycles. The van der Waals surface area contributed by atoms with Crippen molar-refractivity contribution >= 4 is 22.7 Å². The van der Waals surface area contributed by atoms with E-state index in [2.05, 4.69) is 37.8 Å². The van der Waals surface area contributed by atoms with Crippen LogP contribution in [0.25, 0.3) is 11.0 Å². The van der Waals surface area contributed by atoms with Gasteiger partial charge < -0.3 is 4.42 Å². The molecule has 0 aliphatic carbocycles. The van der Waals surface area contributed by atoms with Crippen LogP contribution in [0.4, 0.5) is 0 Å². The van der Waals surface area contributed by atoms with E-state index >= 15 is 0 Å². The Morgan fingerprint density at radius 3 is 2.91 bits per heavy atom. The van der Waals surface area contributed by atoms with Crippen LogP contribution in [0.1, 0.15) is 31.9 Å². The van der Waals surface area contributed by atoms with Crippen molar-refractivity contribution in [1.29, 1.82) is 0 Å². The molecule has 118 valence electrons.